The van der Waals surface area contributed by atoms with Crippen molar-refractivity contribution in [1.29, 1.82) is 0 Å². The molecule has 1 heterocycles. The van der Waals surface area contributed by atoms with Crippen molar-refractivity contribution in [2.45, 2.75) is 6.92 Å². The van der Waals surface area contributed by atoms with Gasteiger partial charge in [0.25, 0.3) is 11.6 Å². The van der Waals surface area contributed by atoms with Crippen LogP contribution in [0.4, 0.5) is 11.4 Å². The number of rotatable bonds is 4. The molecule has 114 valence electrons. The summed E-state index contributed by atoms with van der Waals surface area (Å²) in [5, 5.41) is 14.2. The van der Waals surface area contributed by atoms with Crippen molar-refractivity contribution >= 4 is 17.3 Å². The molecule has 0 radical (unpaired) electrons. The molecule has 1 saturated heterocycles. The van der Waals surface area contributed by atoms with Crippen molar-refractivity contribution in [3.63, 3.8) is 0 Å². The van der Waals surface area contributed by atoms with Gasteiger partial charge in [0, 0.05) is 44.5 Å². The van der Waals surface area contributed by atoms with E-state index >= 15 is 0 Å². The molecule has 0 aromatic heterocycles. The number of nitro benzene ring substituents is 1. The minimum Gasteiger partial charge on any atom is -0.385 e. The lowest BCUT2D eigenvalue weighted by Gasteiger charge is -2.32. The Bertz CT molecular complexity index is 539. The van der Waals surface area contributed by atoms with Gasteiger partial charge in [0.2, 0.25) is 0 Å². The Kier molecular flexibility index (Phi) is 4.74. The van der Waals surface area contributed by atoms with E-state index in [0.29, 0.717) is 19.6 Å². The van der Waals surface area contributed by atoms with Gasteiger partial charge in [-0.1, -0.05) is 0 Å². The molecule has 1 aromatic rings. The third-order valence-electron chi connectivity index (χ3n) is 3.60. The first-order valence-corrected chi connectivity index (χ1v) is 7.03. The summed E-state index contributed by atoms with van der Waals surface area (Å²) in [4.78, 5) is 27.0. The van der Waals surface area contributed by atoms with E-state index in [-0.39, 0.29) is 17.2 Å². The Hall–Kier alpha value is -2.15. The zero-order chi connectivity index (χ0) is 15.4. The van der Waals surface area contributed by atoms with Crippen LogP contribution in [0.2, 0.25) is 0 Å². The van der Waals surface area contributed by atoms with Crippen LogP contribution in [0.15, 0.2) is 18.2 Å². The lowest BCUT2D eigenvalue weighted by atomic mass is 10.1. The van der Waals surface area contributed by atoms with Crippen molar-refractivity contribution in [1.82, 2.24) is 9.80 Å². The van der Waals surface area contributed by atoms with Gasteiger partial charge < -0.3 is 15.1 Å². The number of carbonyl (C=O) groups excluding carboxylic acids is 1. The fourth-order valence-corrected chi connectivity index (χ4v) is 2.36. The number of piperazine rings is 1. The maximum atomic E-state index is 12.6. The van der Waals surface area contributed by atoms with Crippen molar-refractivity contribution in [2.24, 2.45) is 0 Å². The molecule has 1 aliphatic rings. The van der Waals surface area contributed by atoms with Gasteiger partial charge in [-0.3, -0.25) is 14.9 Å². The van der Waals surface area contributed by atoms with E-state index in [9.17, 15) is 14.9 Å². The average Bonchev–Trinajstić information content (AvgIpc) is 2.47. The molecular weight excluding hydrogens is 272 g/mol. The third-order valence-corrected chi connectivity index (χ3v) is 3.60. The molecule has 0 bridgehead atoms. The third kappa shape index (κ3) is 3.49. The number of nitrogens with zero attached hydrogens (tertiary/aromatic N) is 3. The maximum absolute atomic E-state index is 12.6. The Labute approximate surface area is 123 Å². The minimum atomic E-state index is -0.501. The highest BCUT2D eigenvalue weighted by Crippen LogP contribution is 2.24. The monoisotopic (exact) mass is 292 g/mol. The van der Waals surface area contributed by atoms with Crippen molar-refractivity contribution in [3.8, 4) is 0 Å². The summed E-state index contributed by atoms with van der Waals surface area (Å²) in [5.41, 5.74) is 0.740. The highest BCUT2D eigenvalue weighted by molar-refractivity contribution is 5.99. The highest BCUT2D eigenvalue weighted by atomic mass is 16.6. The maximum Gasteiger partial charge on any atom is 0.282 e. The number of carbonyl (C=O) groups is 1. The number of nitrogens with one attached hydrogen (secondary N) is 1. The molecule has 0 aliphatic carbocycles. The molecule has 0 unspecified atom stereocenters. The normalized spacial score (nSPS) is 15.8. The number of hydrogen-bond donors (Lipinski definition) is 1. The van der Waals surface area contributed by atoms with Crippen LogP contribution in [0.1, 0.15) is 17.3 Å². The standard InChI is InChI=1S/C14H20N4O3/c1-3-15-11-4-5-13(18(20)21)12(10-11)14(19)17-8-6-16(2)7-9-17/h4-5,10,15H,3,6-9H2,1-2H3. The van der Waals surface area contributed by atoms with Crippen LogP contribution in [0.3, 0.4) is 0 Å². The summed E-state index contributed by atoms with van der Waals surface area (Å²) in [6, 6.07) is 4.59. The molecule has 7 nitrogen and oxygen atoms in total. The van der Waals surface area contributed by atoms with Crippen molar-refractivity contribution in [3.05, 3.63) is 33.9 Å². The molecule has 0 atom stereocenters. The van der Waals surface area contributed by atoms with E-state index < -0.39 is 4.92 Å². The first kappa shape index (κ1) is 15.2. The average molecular weight is 292 g/mol. The largest absolute Gasteiger partial charge is 0.385 e. The number of likely N-dealkylation sites (N-methyl/N-ethyl adjacent to an activating group) is 1. The molecule has 7 heteroatoms. The first-order valence-electron chi connectivity index (χ1n) is 7.03. The van der Waals surface area contributed by atoms with Gasteiger partial charge in [0.05, 0.1) is 4.92 Å². The molecule has 1 amide bonds. The Morgan fingerprint density at radius 2 is 2.00 bits per heavy atom. The van der Waals surface area contributed by atoms with Crippen LogP contribution in [0.25, 0.3) is 0 Å². The van der Waals surface area contributed by atoms with Gasteiger partial charge in [0.1, 0.15) is 5.56 Å². The van der Waals surface area contributed by atoms with Crippen molar-refractivity contribution in [2.75, 3.05) is 45.1 Å². The summed E-state index contributed by atoms with van der Waals surface area (Å²) in [5.74, 6) is -0.269. The molecule has 21 heavy (non-hydrogen) atoms. The van der Waals surface area contributed by atoms with Gasteiger partial charge in [0.15, 0.2) is 0 Å². The summed E-state index contributed by atoms with van der Waals surface area (Å²) in [6.07, 6.45) is 0. The summed E-state index contributed by atoms with van der Waals surface area (Å²) in [6.45, 7) is 5.39. The predicted octanol–water partition coefficient (Wildman–Crippen LogP) is 1.41. The SMILES string of the molecule is CCNc1ccc([N+](=O)[O-])c(C(=O)N2CCN(C)CC2)c1. The van der Waals surface area contributed by atoms with E-state index in [0.717, 1.165) is 18.8 Å². The van der Waals surface area contributed by atoms with Crippen LogP contribution in [0, 0.1) is 10.1 Å². The van der Waals surface area contributed by atoms with E-state index in [1.807, 2.05) is 14.0 Å². The van der Waals surface area contributed by atoms with Crippen LogP contribution >= 0.6 is 0 Å². The topological polar surface area (TPSA) is 78.7 Å². The first-order chi connectivity index (χ1) is 10.0. The van der Waals surface area contributed by atoms with Crippen LogP contribution in [-0.4, -0.2) is 60.4 Å². The second kappa shape index (κ2) is 6.53. The Balaban J connectivity index is 2.28. The molecule has 0 saturated carbocycles. The zero-order valence-electron chi connectivity index (χ0n) is 12.3. The fourth-order valence-electron chi connectivity index (χ4n) is 2.36. The molecular formula is C14H20N4O3. The molecule has 1 N–H and O–H groups in total. The minimum absolute atomic E-state index is 0.138. The quantitative estimate of drug-likeness (QED) is 0.670. The lowest BCUT2D eigenvalue weighted by molar-refractivity contribution is -0.385. The summed E-state index contributed by atoms with van der Waals surface area (Å²) < 4.78 is 0. The second-order valence-corrected chi connectivity index (χ2v) is 5.11. The predicted molar refractivity (Wildman–Crippen MR) is 80.7 cm³/mol. The number of hydrogen-bond acceptors (Lipinski definition) is 5. The molecule has 1 aromatic carbocycles. The van der Waals surface area contributed by atoms with E-state index in [4.69, 9.17) is 0 Å². The molecule has 0 spiro atoms. The smallest absolute Gasteiger partial charge is 0.282 e. The number of benzene rings is 1. The molecule has 1 aliphatic heterocycles. The van der Waals surface area contributed by atoms with E-state index in [1.54, 1.807) is 17.0 Å². The Morgan fingerprint density at radius 1 is 1.33 bits per heavy atom. The summed E-state index contributed by atoms with van der Waals surface area (Å²) in [7, 11) is 2.00. The van der Waals surface area contributed by atoms with Crippen LogP contribution < -0.4 is 5.32 Å². The van der Waals surface area contributed by atoms with Gasteiger partial charge in [-0.05, 0) is 26.1 Å². The van der Waals surface area contributed by atoms with Crippen molar-refractivity contribution < 1.29 is 9.72 Å². The number of anilines is 1. The Morgan fingerprint density at radius 3 is 2.57 bits per heavy atom. The molecule has 2 rings (SSSR count). The number of amides is 1. The lowest BCUT2D eigenvalue weighted by Crippen LogP contribution is -2.47. The zero-order valence-corrected chi connectivity index (χ0v) is 12.3. The second-order valence-electron chi connectivity index (χ2n) is 5.11. The van der Waals surface area contributed by atoms with Gasteiger partial charge in [-0.2, -0.15) is 0 Å². The highest BCUT2D eigenvalue weighted by Gasteiger charge is 2.27. The van der Waals surface area contributed by atoms with Crippen LogP contribution in [0.5, 0.6) is 0 Å². The fraction of sp³-hybridized carbons (Fsp3) is 0.500. The summed E-state index contributed by atoms with van der Waals surface area (Å²) >= 11 is 0. The number of nitro groups is 1. The van der Waals surface area contributed by atoms with Gasteiger partial charge in [-0.15, -0.1) is 0 Å². The van der Waals surface area contributed by atoms with Crippen LogP contribution in [-0.2, 0) is 0 Å². The van der Waals surface area contributed by atoms with Gasteiger partial charge in [-0.25, -0.2) is 0 Å². The van der Waals surface area contributed by atoms with E-state index in [1.165, 1.54) is 6.07 Å². The van der Waals surface area contributed by atoms with Gasteiger partial charge >= 0.3 is 0 Å². The molecule has 1 fully saturated rings. The van der Waals surface area contributed by atoms with E-state index in [2.05, 4.69) is 10.2 Å².